The maximum atomic E-state index is 3.32. The van der Waals surface area contributed by atoms with Crippen LogP contribution in [0.5, 0.6) is 0 Å². The number of fused-ring (bicyclic) bond motifs is 1. The van der Waals surface area contributed by atoms with Crippen molar-refractivity contribution in [2.45, 2.75) is 31.7 Å². The number of nitrogens with one attached hydrogen (secondary N) is 1. The zero-order valence-electron chi connectivity index (χ0n) is 5.56. The van der Waals surface area contributed by atoms with Crippen LogP contribution in [-0.2, 0) is 0 Å². The minimum absolute atomic E-state index is 0.749. The van der Waals surface area contributed by atoms with Gasteiger partial charge in [-0.3, -0.25) is 0 Å². The van der Waals surface area contributed by atoms with Gasteiger partial charge in [-0.2, -0.15) is 0 Å². The minimum Gasteiger partial charge on any atom is -0.387 e. The average Bonchev–Trinajstić information content (AvgIpc) is 2.33. The van der Waals surface area contributed by atoms with E-state index in [1.807, 2.05) is 6.20 Å². The highest BCUT2D eigenvalue weighted by atomic mass is 14.9. The van der Waals surface area contributed by atoms with Gasteiger partial charge < -0.3 is 5.32 Å². The summed E-state index contributed by atoms with van der Waals surface area (Å²) in [7, 11) is 0. The highest BCUT2D eigenvalue weighted by Crippen LogP contribution is 2.27. The summed E-state index contributed by atoms with van der Waals surface area (Å²) in [4.78, 5) is 0. The van der Waals surface area contributed by atoms with E-state index >= 15 is 0 Å². The quantitative estimate of drug-likeness (QED) is 0.513. The minimum atomic E-state index is 0.749. The number of hydrogen-bond donors (Lipinski definition) is 1. The summed E-state index contributed by atoms with van der Waals surface area (Å²) >= 11 is 0. The van der Waals surface area contributed by atoms with Gasteiger partial charge in [-0.25, -0.2) is 0 Å². The van der Waals surface area contributed by atoms with Crippen LogP contribution in [0.2, 0.25) is 0 Å². The first-order valence-corrected chi connectivity index (χ1v) is 3.80. The second kappa shape index (κ2) is 2.05. The topological polar surface area (TPSA) is 12.0 Å². The molecule has 2 unspecified atom stereocenters. The summed E-state index contributed by atoms with van der Waals surface area (Å²) in [6.07, 6.45) is 10.8. The van der Waals surface area contributed by atoms with Crippen molar-refractivity contribution in [2.24, 2.45) is 5.92 Å². The molecule has 49 valence electrons. The van der Waals surface area contributed by atoms with Gasteiger partial charge in [0.25, 0.3) is 0 Å². The Balaban J connectivity index is 2.03. The molecule has 2 aliphatic rings. The van der Waals surface area contributed by atoms with Crippen LogP contribution in [0.4, 0.5) is 0 Å². The van der Waals surface area contributed by atoms with E-state index < -0.39 is 0 Å². The van der Waals surface area contributed by atoms with E-state index in [0.717, 1.165) is 12.0 Å². The normalized spacial score (nSPS) is 40.0. The fourth-order valence-corrected chi connectivity index (χ4v) is 1.79. The van der Waals surface area contributed by atoms with Crippen molar-refractivity contribution in [2.75, 3.05) is 0 Å². The fourth-order valence-electron chi connectivity index (χ4n) is 1.79. The zero-order chi connectivity index (χ0) is 6.10. The van der Waals surface area contributed by atoms with Gasteiger partial charge in [0.2, 0.25) is 0 Å². The molecule has 2 atom stereocenters. The van der Waals surface area contributed by atoms with Crippen molar-refractivity contribution in [1.29, 1.82) is 0 Å². The molecule has 1 heteroatoms. The average molecular weight is 122 g/mol. The SMILES string of the molecule is [C]1=CNC2CCCCC12. The van der Waals surface area contributed by atoms with Crippen molar-refractivity contribution in [3.63, 3.8) is 0 Å². The van der Waals surface area contributed by atoms with Crippen LogP contribution in [0.3, 0.4) is 0 Å². The first kappa shape index (κ1) is 5.33. The first-order valence-electron chi connectivity index (χ1n) is 3.80. The van der Waals surface area contributed by atoms with E-state index in [1.54, 1.807) is 0 Å². The Morgan fingerprint density at radius 2 is 2.22 bits per heavy atom. The Morgan fingerprint density at radius 3 is 3.11 bits per heavy atom. The maximum Gasteiger partial charge on any atom is 0.0325 e. The predicted molar refractivity (Wildman–Crippen MR) is 36.7 cm³/mol. The lowest BCUT2D eigenvalue weighted by molar-refractivity contribution is 0.346. The Bertz CT molecular complexity index is 129. The molecule has 0 amide bonds. The maximum absolute atomic E-state index is 3.32. The smallest absolute Gasteiger partial charge is 0.0325 e. The van der Waals surface area contributed by atoms with E-state index in [-0.39, 0.29) is 0 Å². The molecular formula is C8H12N. The molecule has 1 aliphatic carbocycles. The van der Waals surface area contributed by atoms with Crippen LogP contribution >= 0.6 is 0 Å². The number of hydrogen-bond acceptors (Lipinski definition) is 1. The molecule has 0 aromatic heterocycles. The van der Waals surface area contributed by atoms with Gasteiger partial charge in [-0.1, -0.05) is 12.8 Å². The molecule has 1 aliphatic heterocycles. The van der Waals surface area contributed by atoms with Crippen LogP contribution in [0.25, 0.3) is 0 Å². The summed E-state index contributed by atoms with van der Waals surface area (Å²) in [5.41, 5.74) is 0. The van der Waals surface area contributed by atoms with Crippen LogP contribution in [0.15, 0.2) is 6.20 Å². The van der Waals surface area contributed by atoms with Crippen molar-refractivity contribution < 1.29 is 0 Å². The molecule has 9 heavy (non-hydrogen) atoms. The lowest BCUT2D eigenvalue weighted by atomic mass is 9.86. The molecule has 0 aromatic rings. The van der Waals surface area contributed by atoms with Crippen molar-refractivity contribution in [3.05, 3.63) is 12.3 Å². The standard InChI is InChI=1S/C8H12N/c1-2-4-8-7(3-1)5-6-9-8/h6-9H,1-4H2. The first-order chi connectivity index (χ1) is 4.47. The van der Waals surface area contributed by atoms with Gasteiger partial charge in [-0.05, 0) is 18.9 Å². The van der Waals surface area contributed by atoms with Gasteiger partial charge >= 0.3 is 0 Å². The lowest BCUT2D eigenvalue weighted by Gasteiger charge is -2.24. The molecule has 0 spiro atoms. The fraction of sp³-hybridized carbons (Fsp3) is 0.750. The summed E-state index contributed by atoms with van der Waals surface area (Å²) in [6, 6.07) is 0.749. The third kappa shape index (κ3) is 0.846. The van der Waals surface area contributed by atoms with Crippen molar-refractivity contribution >= 4 is 0 Å². The molecule has 0 bridgehead atoms. The Labute approximate surface area is 56.1 Å². The van der Waals surface area contributed by atoms with E-state index in [2.05, 4.69) is 11.4 Å². The molecule has 1 nitrogen and oxygen atoms in total. The van der Waals surface area contributed by atoms with Crippen LogP contribution in [0, 0.1) is 12.0 Å². The lowest BCUT2D eigenvalue weighted by Crippen LogP contribution is -2.29. The molecule has 1 N–H and O–H groups in total. The van der Waals surface area contributed by atoms with Crippen LogP contribution in [-0.4, -0.2) is 6.04 Å². The van der Waals surface area contributed by atoms with Gasteiger partial charge in [0.1, 0.15) is 0 Å². The van der Waals surface area contributed by atoms with Gasteiger partial charge in [0.15, 0.2) is 0 Å². The second-order valence-corrected chi connectivity index (χ2v) is 2.98. The molecule has 1 saturated carbocycles. The highest BCUT2D eigenvalue weighted by molar-refractivity contribution is 4.98. The highest BCUT2D eigenvalue weighted by Gasteiger charge is 2.25. The van der Waals surface area contributed by atoms with E-state index in [9.17, 15) is 0 Å². The Kier molecular flexibility index (Phi) is 1.22. The Morgan fingerprint density at radius 1 is 1.33 bits per heavy atom. The van der Waals surface area contributed by atoms with Crippen LogP contribution in [0.1, 0.15) is 25.7 Å². The van der Waals surface area contributed by atoms with Gasteiger partial charge in [0.05, 0.1) is 0 Å². The molecule has 1 radical (unpaired) electrons. The number of rotatable bonds is 0. The Hall–Kier alpha value is -0.460. The van der Waals surface area contributed by atoms with Crippen LogP contribution < -0.4 is 5.32 Å². The van der Waals surface area contributed by atoms with E-state index in [0.29, 0.717) is 0 Å². The third-order valence-corrected chi connectivity index (χ3v) is 2.36. The summed E-state index contributed by atoms with van der Waals surface area (Å²) in [5, 5.41) is 3.32. The largest absolute Gasteiger partial charge is 0.387 e. The van der Waals surface area contributed by atoms with E-state index in [4.69, 9.17) is 0 Å². The monoisotopic (exact) mass is 122 g/mol. The molecule has 2 rings (SSSR count). The summed E-state index contributed by atoms with van der Waals surface area (Å²) in [5.74, 6) is 0.749. The van der Waals surface area contributed by atoms with Gasteiger partial charge in [-0.15, -0.1) is 0 Å². The summed E-state index contributed by atoms with van der Waals surface area (Å²) in [6.45, 7) is 0. The summed E-state index contributed by atoms with van der Waals surface area (Å²) < 4.78 is 0. The molecule has 1 fully saturated rings. The van der Waals surface area contributed by atoms with Crippen molar-refractivity contribution in [1.82, 2.24) is 5.32 Å². The predicted octanol–water partition coefficient (Wildman–Crippen LogP) is 1.47. The molecule has 0 saturated heterocycles. The molecule has 0 aromatic carbocycles. The molecule has 1 heterocycles. The zero-order valence-corrected chi connectivity index (χ0v) is 5.56. The molecular weight excluding hydrogens is 110 g/mol. The van der Waals surface area contributed by atoms with Crippen molar-refractivity contribution in [3.8, 4) is 0 Å². The third-order valence-electron chi connectivity index (χ3n) is 2.36. The second-order valence-electron chi connectivity index (χ2n) is 2.98. The van der Waals surface area contributed by atoms with E-state index in [1.165, 1.54) is 25.7 Å². The van der Waals surface area contributed by atoms with Gasteiger partial charge in [0, 0.05) is 18.2 Å².